The van der Waals surface area contributed by atoms with Crippen molar-refractivity contribution in [3.8, 4) is 0 Å². The summed E-state index contributed by atoms with van der Waals surface area (Å²) in [6.45, 7) is 2.05. The van der Waals surface area contributed by atoms with E-state index in [0.717, 1.165) is 30.4 Å². The molecule has 0 aromatic heterocycles. The molecule has 21 heavy (non-hydrogen) atoms. The number of nitrogens with one attached hydrogen (secondary N) is 1. The highest BCUT2D eigenvalue weighted by Gasteiger charge is 2.38. The first kappa shape index (κ1) is 16.4. The topological polar surface area (TPSA) is 21.3 Å². The third kappa shape index (κ3) is 3.83. The van der Waals surface area contributed by atoms with Gasteiger partial charge < -0.3 is 10.1 Å². The molecule has 0 amide bonds. The summed E-state index contributed by atoms with van der Waals surface area (Å²) in [5, 5.41) is 3.44. The molecule has 1 fully saturated rings. The Morgan fingerprint density at radius 3 is 2.48 bits per heavy atom. The Bertz CT molecular complexity index is 453. The summed E-state index contributed by atoms with van der Waals surface area (Å²) in [5.41, 5.74) is 2.11. The van der Waals surface area contributed by atoms with Gasteiger partial charge in [0.15, 0.2) is 0 Å². The van der Waals surface area contributed by atoms with Gasteiger partial charge in [-0.3, -0.25) is 0 Å². The second-order valence-electron chi connectivity index (χ2n) is 6.30. The van der Waals surface area contributed by atoms with Crippen LogP contribution >= 0.6 is 0 Å². The molecule has 0 saturated heterocycles. The van der Waals surface area contributed by atoms with E-state index >= 15 is 0 Å². The minimum atomic E-state index is -0.155. The van der Waals surface area contributed by atoms with Crippen LogP contribution in [0.5, 0.6) is 0 Å². The van der Waals surface area contributed by atoms with Gasteiger partial charge >= 0.3 is 0 Å². The second-order valence-corrected chi connectivity index (χ2v) is 6.30. The van der Waals surface area contributed by atoms with E-state index in [2.05, 4.69) is 5.32 Å². The number of benzene rings is 1. The van der Waals surface area contributed by atoms with Gasteiger partial charge in [0.05, 0.1) is 5.60 Å². The number of halogens is 1. The summed E-state index contributed by atoms with van der Waals surface area (Å²) in [4.78, 5) is 0. The average molecular weight is 293 g/mol. The van der Waals surface area contributed by atoms with Gasteiger partial charge in [-0.2, -0.15) is 0 Å². The maximum Gasteiger partial charge on any atom is 0.123 e. The Morgan fingerprint density at radius 2 is 1.90 bits per heavy atom. The molecule has 0 radical (unpaired) electrons. The number of hydrogen-bond donors (Lipinski definition) is 1. The molecule has 0 heterocycles. The van der Waals surface area contributed by atoms with Crippen LogP contribution in [0.1, 0.15) is 49.7 Å². The third-order valence-corrected chi connectivity index (χ3v) is 5.08. The number of hydrogen-bond acceptors (Lipinski definition) is 2. The van der Waals surface area contributed by atoms with Crippen LogP contribution < -0.4 is 5.32 Å². The van der Waals surface area contributed by atoms with E-state index in [0.29, 0.717) is 0 Å². The lowest BCUT2D eigenvalue weighted by Gasteiger charge is -2.39. The molecule has 1 aliphatic rings. The first-order chi connectivity index (χ1) is 10.1. The van der Waals surface area contributed by atoms with E-state index in [1.165, 1.54) is 31.7 Å². The fourth-order valence-corrected chi connectivity index (χ4v) is 3.65. The molecule has 0 bridgehead atoms. The van der Waals surface area contributed by atoms with Gasteiger partial charge in [0.2, 0.25) is 0 Å². The van der Waals surface area contributed by atoms with E-state index in [-0.39, 0.29) is 17.5 Å². The van der Waals surface area contributed by atoms with E-state index in [9.17, 15) is 4.39 Å². The maximum atomic E-state index is 13.5. The third-order valence-electron chi connectivity index (χ3n) is 5.08. The molecule has 1 aromatic rings. The minimum absolute atomic E-state index is 0.121. The van der Waals surface area contributed by atoms with E-state index < -0.39 is 0 Å². The predicted octanol–water partition coefficient (Wildman–Crippen LogP) is 4.00. The summed E-state index contributed by atoms with van der Waals surface area (Å²) >= 11 is 0. The number of likely N-dealkylation sites (N-methyl/N-ethyl adjacent to an activating group) is 1. The molecule has 1 N–H and O–H groups in total. The van der Waals surface area contributed by atoms with Crippen molar-refractivity contribution in [1.29, 1.82) is 0 Å². The number of ether oxygens (including phenoxy) is 1. The first-order valence-electron chi connectivity index (χ1n) is 8.09. The van der Waals surface area contributed by atoms with Crippen LogP contribution in [0.15, 0.2) is 18.2 Å². The SMILES string of the molecule is CNC(Cc1cc(F)ccc1C)C1(OC)CCCCCC1. The molecule has 1 saturated carbocycles. The molecule has 1 unspecified atom stereocenters. The van der Waals surface area contributed by atoms with Crippen molar-refractivity contribution < 1.29 is 9.13 Å². The van der Waals surface area contributed by atoms with Gasteiger partial charge in [0.25, 0.3) is 0 Å². The highest BCUT2D eigenvalue weighted by atomic mass is 19.1. The van der Waals surface area contributed by atoms with Gasteiger partial charge in [0, 0.05) is 13.2 Å². The Hall–Kier alpha value is -0.930. The average Bonchev–Trinajstić information content (AvgIpc) is 2.74. The summed E-state index contributed by atoms with van der Waals surface area (Å²) in [6.07, 6.45) is 8.00. The molecule has 1 aliphatic carbocycles. The largest absolute Gasteiger partial charge is 0.377 e. The van der Waals surface area contributed by atoms with E-state index in [4.69, 9.17) is 4.74 Å². The molecule has 1 atom stereocenters. The number of methoxy groups -OCH3 is 1. The zero-order valence-electron chi connectivity index (χ0n) is 13.5. The van der Waals surface area contributed by atoms with Gasteiger partial charge in [-0.05, 0) is 56.5 Å². The van der Waals surface area contributed by atoms with Crippen molar-refractivity contribution in [3.63, 3.8) is 0 Å². The minimum Gasteiger partial charge on any atom is -0.377 e. The maximum absolute atomic E-state index is 13.5. The summed E-state index contributed by atoms with van der Waals surface area (Å²) in [7, 11) is 3.82. The molecular weight excluding hydrogens is 265 g/mol. The van der Waals surface area contributed by atoms with Crippen molar-refractivity contribution >= 4 is 0 Å². The van der Waals surface area contributed by atoms with Crippen LogP contribution in [-0.2, 0) is 11.2 Å². The Kier molecular flexibility index (Phi) is 5.77. The molecular formula is C18H28FNO. The Labute approximate surface area is 128 Å². The van der Waals surface area contributed by atoms with Crippen molar-refractivity contribution in [2.24, 2.45) is 0 Å². The lowest BCUT2D eigenvalue weighted by atomic mass is 9.82. The molecule has 2 nitrogen and oxygen atoms in total. The van der Waals surface area contributed by atoms with Crippen molar-refractivity contribution in [2.45, 2.75) is 63.5 Å². The van der Waals surface area contributed by atoms with Gasteiger partial charge in [-0.15, -0.1) is 0 Å². The second kappa shape index (κ2) is 7.37. The number of rotatable bonds is 5. The van der Waals surface area contributed by atoms with E-state index in [1.54, 1.807) is 6.07 Å². The molecule has 3 heteroatoms. The summed E-state index contributed by atoms with van der Waals surface area (Å²) in [5.74, 6) is -0.155. The highest BCUT2D eigenvalue weighted by molar-refractivity contribution is 5.28. The zero-order chi connectivity index (χ0) is 15.3. The van der Waals surface area contributed by atoms with Gasteiger partial charge in [-0.25, -0.2) is 4.39 Å². The highest BCUT2D eigenvalue weighted by Crippen LogP contribution is 2.34. The normalized spacial score (nSPS) is 20.0. The van der Waals surface area contributed by atoms with Crippen LogP contribution in [-0.4, -0.2) is 25.8 Å². The summed E-state index contributed by atoms with van der Waals surface area (Å²) < 4.78 is 19.5. The molecule has 2 rings (SSSR count). The van der Waals surface area contributed by atoms with Crippen LogP contribution in [0.2, 0.25) is 0 Å². The quantitative estimate of drug-likeness (QED) is 0.828. The zero-order valence-corrected chi connectivity index (χ0v) is 13.5. The molecule has 118 valence electrons. The van der Waals surface area contributed by atoms with Crippen LogP contribution in [0.3, 0.4) is 0 Å². The smallest absolute Gasteiger partial charge is 0.123 e. The molecule has 1 aromatic carbocycles. The van der Waals surface area contributed by atoms with Gasteiger partial charge in [-0.1, -0.05) is 31.7 Å². The van der Waals surface area contributed by atoms with Crippen LogP contribution in [0.4, 0.5) is 4.39 Å². The van der Waals surface area contributed by atoms with Crippen LogP contribution in [0, 0.1) is 12.7 Å². The molecule has 0 aliphatic heterocycles. The van der Waals surface area contributed by atoms with Crippen molar-refractivity contribution in [1.82, 2.24) is 5.32 Å². The van der Waals surface area contributed by atoms with Crippen molar-refractivity contribution in [2.75, 3.05) is 14.2 Å². The lowest BCUT2D eigenvalue weighted by Crippen LogP contribution is -2.52. The summed E-state index contributed by atoms with van der Waals surface area (Å²) in [6, 6.07) is 5.29. The first-order valence-corrected chi connectivity index (χ1v) is 8.09. The predicted molar refractivity (Wildman–Crippen MR) is 85.1 cm³/mol. The molecule has 0 spiro atoms. The number of aryl methyl sites for hydroxylation is 1. The lowest BCUT2D eigenvalue weighted by molar-refractivity contribution is -0.0509. The fraction of sp³-hybridized carbons (Fsp3) is 0.667. The Morgan fingerprint density at radius 1 is 1.24 bits per heavy atom. The Balaban J connectivity index is 2.22. The standard InChI is InChI=1S/C18H28FNO/c1-14-8-9-16(19)12-15(14)13-17(20-2)18(21-3)10-6-4-5-7-11-18/h8-9,12,17,20H,4-7,10-11,13H2,1-3H3. The van der Waals surface area contributed by atoms with Gasteiger partial charge in [0.1, 0.15) is 5.82 Å². The fourth-order valence-electron chi connectivity index (χ4n) is 3.65. The van der Waals surface area contributed by atoms with Crippen LogP contribution in [0.25, 0.3) is 0 Å². The monoisotopic (exact) mass is 293 g/mol. The van der Waals surface area contributed by atoms with E-state index in [1.807, 2.05) is 27.1 Å². The van der Waals surface area contributed by atoms with Crippen molar-refractivity contribution in [3.05, 3.63) is 35.1 Å².